The summed E-state index contributed by atoms with van der Waals surface area (Å²) in [7, 11) is 0. The van der Waals surface area contributed by atoms with Gasteiger partial charge in [0.2, 0.25) is 5.91 Å². The highest BCUT2D eigenvalue weighted by molar-refractivity contribution is 8.14. The fourth-order valence-electron chi connectivity index (χ4n) is 2.75. The summed E-state index contributed by atoms with van der Waals surface area (Å²) in [5.74, 6) is -1.21. The van der Waals surface area contributed by atoms with Gasteiger partial charge in [-0.3, -0.25) is 14.5 Å². The minimum Gasteiger partial charge on any atom is -0.353 e. The third-order valence-corrected chi connectivity index (χ3v) is 6.20. The molecule has 0 aromatic heterocycles. The SMILES string of the molecule is CCC(C)NC(=O)CSC1=NC(=Cc2ccc(Cl)c(Cl)c2)C(=O)N1c1ccccc1F. The number of hydrogen-bond donors (Lipinski definition) is 1. The van der Waals surface area contributed by atoms with Crippen molar-refractivity contribution in [3.05, 3.63) is 69.6 Å². The second-order valence-corrected chi connectivity index (χ2v) is 8.61. The molecule has 2 aromatic rings. The van der Waals surface area contributed by atoms with E-state index in [0.717, 1.165) is 18.2 Å². The van der Waals surface area contributed by atoms with Crippen molar-refractivity contribution in [2.45, 2.75) is 26.3 Å². The maximum absolute atomic E-state index is 14.5. The molecule has 162 valence electrons. The van der Waals surface area contributed by atoms with Crippen molar-refractivity contribution in [2.75, 3.05) is 10.7 Å². The van der Waals surface area contributed by atoms with E-state index in [1.165, 1.54) is 23.1 Å². The molecular weight excluding hydrogens is 460 g/mol. The maximum atomic E-state index is 14.5. The average molecular weight is 480 g/mol. The smallest absolute Gasteiger partial charge is 0.283 e. The summed E-state index contributed by atoms with van der Waals surface area (Å²) in [4.78, 5) is 30.9. The molecule has 31 heavy (non-hydrogen) atoms. The Hall–Kier alpha value is -2.35. The summed E-state index contributed by atoms with van der Waals surface area (Å²) in [6.07, 6.45) is 2.35. The number of hydrogen-bond acceptors (Lipinski definition) is 4. The van der Waals surface area contributed by atoms with Crippen LogP contribution in [0.15, 0.2) is 53.2 Å². The molecule has 1 N–H and O–H groups in total. The summed E-state index contributed by atoms with van der Waals surface area (Å²) < 4.78 is 14.5. The van der Waals surface area contributed by atoms with Crippen molar-refractivity contribution in [2.24, 2.45) is 4.99 Å². The Kier molecular flexibility index (Phi) is 7.75. The Labute approximate surface area is 194 Å². The minimum atomic E-state index is -0.566. The number of aliphatic imine (C=N–C) groups is 1. The van der Waals surface area contributed by atoms with Gasteiger partial charge >= 0.3 is 0 Å². The molecule has 1 unspecified atom stereocenters. The standard InChI is InChI=1S/C22H20Cl2FN3O2S/c1-3-13(2)26-20(29)12-31-22-27-18(11-14-8-9-15(23)16(24)10-14)21(30)28(22)19-7-5-4-6-17(19)25/h4-11,13H,3,12H2,1-2H3,(H,26,29). The quantitative estimate of drug-likeness (QED) is 0.554. The van der Waals surface area contributed by atoms with Gasteiger partial charge in [-0.05, 0) is 49.2 Å². The van der Waals surface area contributed by atoms with Gasteiger partial charge in [0.1, 0.15) is 11.5 Å². The summed E-state index contributed by atoms with van der Waals surface area (Å²) in [6.45, 7) is 3.88. The summed E-state index contributed by atoms with van der Waals surface area (Å²) in [5.41, 5.74) is 0.792. The van der Waals surface area contributed by atoms with Gasteiger partial charge in [-0.2, -0.15) is 0 Å². The highest BCUT2D eigenvalue weighted by Gasteiger charge is 2.34. The number of benzene rings is 2. The van der Waals surface area contributed by atoms with Crippen LogP contribution < -0.4 is 10.2 Å². The van der Waals surface area contributed by atoms with E-state index in [9.17, 15) is 14.0 Å². The highest BCUT2D eigenvalue weighted by atomic mass is 35.5. The third-order valence-electron chi connectivity index (χ3n) is 4.52. The van der Waals surface area contributed by atoms with Gasteiger partial charge in [-0.25, -0.2) is 9.38 Å². The van der Waals surface area contributed by atoms with Crippen LogP contribution in [0.4, 0.5) is 10.1 Å². The molecule has 0 bridgehead atoms. The Balaban J connectivity index is 1.92. The van der Waals surface area contributed by atoms with Gasteiger partial charge in [-0.15, -0.1) is 0 Å². The highest BCUT2D eigenvalue weighted by Crippen LogP contribution is 2.32. The number of thioether (sulfide) groups is 1. The monoisotopic (exact) mass is 479 g/mol. The average Bonchev–Trinajstić information content (AvgIpc) is 3.04. The molecule has 1 heterocycles. The molecule has 1 atom stereocenters. The zero-order valence-electron chi connectivity index (χ0n) is 16.9. The molecule has 5 nitrogen and oxygen atoms in total. The lowest BCUT2D eigenvalue weighted by atomic mass is 10.2. The van der Waals surface area contributed by atoms with Gasteiger partial charge in [0.25, 0.3) is 5.91 Å². The molecule has 0 spiro atoms. The summed E-state index contributed by atoms with van der Waals surface area (Å²) >= 11 is 13.1. The van der Waals surface area contributed by atoms with Crippen LogP contribution in [0.2, 0.25) is 10.0 Å². The van der Waals surface area contributed by atoms with E-state index in [1.807, 2.05) is 13.8 Å². The fraction of sp³-hybridized carbons (Fsp3) is 0.227. The van der Waals surface area contributed by atoms with Crippen molar-refractivity contribution < 1.29 is 14.0 Å². The maximum Gasteiger partial charge on any atom is 0.283 e. The molecular formula is C22H20Cl2FN3O2S. The lowest BCUT2D eigenvalue weighted by molar-refractivity contribution is -0.119. The van der Waals surface area contributed by atoms with E-state index in [0.29, 0.717) is 15.6 Å². The molecule has 2 amide bonds. The van der Waals surface area contributed by atoms with Crippen molar-refractivity contribution in [1.82, 2.24) is 5.32 Å². The van der Waals surface area contributed by atoms with E-state index in [-0.39, 0.29) is 34.3 Å². The second kappa shape index (κ2) is 10.3. The number of anilines is 1. The Morgan fingerprint density at radius 3 is 2.68 bits per heavy atom. The zero-order valence-corrected chi connectivity index (χ0v) is 19.2. The van der Waals surface area contributed by atoms with Crippen molar-refractivity contribution in [3.63, 3.8) is 0 Å². The zero-order chi connectivity index (χ0) is 22.5. The molecule has 3 rings (SSSR count). The van der Waals surface area contributed by atoms with E-state index < -0.39 is 11.7 Å². The van der Waals surface area contributed by atoms with Crippen LogP contribution in [0.3, 0.4) is 0 Å². The van der Waals surface area contributed by atoms with Gasteiger partial charge in [0.15, 0.2) is 5.17 Å². The first-order valence-corrected chi connectivity index (χ1v) is 11.3. The number of para-hydroxylation sites is 1. The summed E-state index contributed by atoms with van der Waals surface area (Å²) in [5, 5.41) is 3.81. The largest absolute Gasteiger partial charge is 0.353 e. The Morgan fingerprint density at radius 2 is 2.00 bits per heavy atom. The molecule has 0 saturated carbocycles. The lowest BCUT2D eigenvalue weighted by Crippen LogP contribution is -2.35. The molecule has 9 heteroatoms. The second-order valence-electron chi connectivity index (χ2n) is 6.85. The predicted octanol–water partition coefficient (Wildman–Crippen LogP) is 5.52. The van der Waals surface area contributed by atoms with Crippen LogP contribution in [0, 0.1) is 5.82 Å². The molecule has 1 aliphatic heterocycles. The first kappa shape index (κ1) is 23.3. The molecule has 1 aliphatic rings. The fourth-order valence-corrected chi connectivity index (χ4v) is 3.87. The van der Waals surface area contributed by atoms with Crippen LogP contribution in [-0.4, -0.2) is 28.8 Å². The normalized spacial score (nSPS) is 15.9. The van der Waals surface area contributed by atoms with Crippen molar-refractivity contribution >= 4 is 63.7 Å². The van der Waals surface area contributed by atoms with Gasteiger partial charge < -0.3 is 5.32 Å². The van der Waals surface area contributed by atoms with Crippen LogP contribution >= 0.6 is 35.0 Å². The van der Waals surface area contributed by atoms with Crippen molar-refractivity contribution in [1.29, 1.82) is 0 Å². The summed E-state index contributed by atoms with van der Waals surface area (Å²) in [6, 6.07) is 10.9. The predicted molar refractivity (Wildman–Crippen MR) is 126 cm³/mol. The Bertz CT molecular complexity index is 1070. The number of rotatable bonds is 6. The number of amides is 2. The molecule has 0 saturated heterocycles. The third kappa shape index (κ3) is 5.67. The molecule has 0 radical (unpaired) electrons. The number of nitrogens with one attached hydrogen (secondary N) is 1. The number of halogens is 3. The van der Waals surface area contributed by atoms with E-state index in [2.05, 4.69) is 10.3 Å². The Morgan fingerprint density at radius 1 is 1.26 bits per heavy atom. The molecule has 0 fully saturated rings. The van der Waals surface area contributed by atoms with Crippen LogP contribution in [0.5, 0.6) is 0 Å². The van der Waals surface area contributed by atoms with E-state index in [4.69, 9.17) is 23.2 Å². The van der Waals surface area contributed by atoms with Gasteiger partial charge in [-0.1, -0.05) is 60.1 Å². The number of amidine groups is 1. The first-order valence-electron chi connectivity index (χ1n) is 9.56. The lowest BCUT2D eigenvalue weighted by Gasteiger charge is -2.18. The molecule has 0 aliphatic carbocycles. The first-order chi connectivity index (χ1) is 14.8. The number of carbonyl (C=O) groups is 2. The van der Waals surface area contributed by atoms with Gasteiger partial charge in [0.05, 0.1) is 21.5 Å². The topological polar surface area (TPSA) is 61.8 Å². The number of nitrogens with zero attached hydrogens (tertiary/aromatic N) is 2. The van der Waals surface area contributed by atoms with E-state index in [1.54, 1.807) is 30.3 Å². The number of carbonyl (C=O) groups excluding carboxylic acids is 2. The van der Waals surface area contributed by atoms with Crippen molar-refractivity contribution in [3.8, 4) is 0 Å². The van der Waals surface area contributed by atoms with Gasteiger partial charge in [0, 0.05) is 6.04 Å². The van der Waals surface area contributed by atoms with Crippen LogP contribution in [0.1, 0.15) is 25.8 Å². The minimum absolute atomic E-state index is 0.0352. The van der Waals surface area contributed by atoms with Crippen LogP contribution in [-0.2, 0) is 9.59 Å². The molecule has 2 aromatic carbocycles. The van der Waals surface area contributed by atoms with Crippen LogP contribution in [0.25, 0.3) is 6.08 Å². The van der Waals surface area contributed by atoms with E-state index >= 15 is 0 Å².